The van der Waals surface area contributed by atoms with E-state index in [1.54, 1.807) is 12.3 Å². The van der Waals surface area contributed by atoms with E-state index in [1.807, 2.05) is 12.1 Å². The van der Waals surface area contributed by atoms with E-state index in [9.17, 15) is 4.79 Å². The van der Waals surface area contributed by atoms with Gasteiger partial charge in [-0.25, -0.2) is 4.79 Å². The van der Waals surface area contributed by atoms with Crippen molar-refractivity contribution < 1.29 is 0 Å². The predicted molar refractivity (Wildman–Crippen MR) is 91.6 cm³/mol. The van der Waals surface area contributed by atoms with Crippen molar-refractivity contribution in [3.05, 3.63) is 52.6 Å². The predicted octanol–water partition coefficient (Wildman–Crippen LogP) is 0.638. The molecule has 0 amide bonds. The van der Waals surface area contributed by atoms with Crippen LogP contribution in [0.25, 0.3) is 5.69 Å². The molecule has 3 rings (SSSR count). The monoisotopic (exact) mass is 313 g/mol. The quantitative estimate of drug-likeness (QED) is 0.845. The van der Waals surface area contributed by atoms with Gasteiger partial charge < -0.3 is 16.4 Å². The number of hydrogen-bond donors (Lipinski definition) is 2. The lowest BCUT2D eigenvalue weighted by Crippen LogP contribution is -2.25. The molecule has 1 unspecified atom stereocenters. The second-order valence-corrected chi connectivity index (χ2v) is 6.11. The molecule has 0 aliphatic carbocycles. The fourth-order valence-electron chi connectivity index (χ4n) is 3.03. The van der Waals surface area contributed by atoms with Crippen LogP contribution in [0, 0.1) is 5.92 Å². The summed E-state index contributed by atoms with van der Waals surface area (Å²) in [4.78, 5) is 18.1. The largest absolute Gasteiger partial charge is 0.383 e. The molecule has 0 saturated carbocycles. The van der Waals surface area contributed by atoms with Gasteiger partial charge in [0.05, 0.1) is 5.69 Å². The molecule has 122 valence electrons. The highest BCUT2D eigenvalue weighted by Gasteiger charge is 2.20. The Morgan fingerprint density at radius 2 is 2.00 bits per heavy atom. The van der Waals surface area contributed by atoms with Crippen LogP contribution in [0.4, 0.5) is 5.82 Å². The summed E-state index contributed by atoms with van der Waals surface area (Å²) in [7, 11) is 0. The van der Waals surface area contributed by atoms with Crippen LogP contribution in [0.2, 0.25) is 0 Å². The van der Waals surface area contributed by atoms with Crippen LogP contribution in [-0.2, 0) is 6.42 Å². The molecule has 6 nitrogen and oxygen atoms in total. The molecule has 1 atom stereocenters. The second kappa shape index (κ2) is 6.93. The summed E-state index contributed by atoms with van der Waals surface area (Å²) >= 11 is 0. The molecular weight excluding hydrogens is 290 g/mol. The average Bonchev–Trinajstić information content (AvgIpc) is 3.02. The van der Waals surface area contributed by atoms with Crippen LogP contribution in [0.3, 0.4) is 0 Å². The first-order valence-corrected chi connectivity index (χ1v) is 8.02. The molecule has 0 bridgehead atoms. The normalized spacial score (nSPS) is 18.4. The molecule has 1 saturated heterocycles. The van der Waals surface area contributed by atoms with E-state index >= 15 is 0 Å². The number of aromatic nitrogens is 2. The van der Waals surface area contributed by atoms with Gasteiger partial charge in [-0.1, -0.05) is 12.1 Å². The zero-order valence-electron chi connectivity index (χ0n) is 13.2. The van der Waals surface area contributed by atoms with Crippen molar-refractivity contribution in [3.63, 3.8) is 0 Å². The summed E-state index contributed by atoms with van der Waals surface area (Å²) in [5.41, 5.74) is 12.9. The van der Waals surface area contributed by atoms with Gasteiger partial charge in [-0.15, -0.1) is 0 Å². The van der Waals surface area contributed by atoms with E-state index in [2.05, 4.69) is 22.0 Å². The van der Waals surface area contributed by atoms with Crippen LogP contribution in [0.5, 0.6) is 0 Å². The number of nitrogens with zero attached hydrogens (tertiary/aromatic N) is 3. The minimum absolute atomic E-state index is 0.240. The second-order valence-electron chi connectivity index (χ2n) is 6.11. The van der Waals surface area contributed by atoms with Crippen molar-refractivity contribution in [3.8, 4) is 5.69 Å². The lowest BCUT2D eigenvalue weighted by Gasteiger charge is -2.15. The molecule has 4 N–H and O–H groups in total. The van der Waals surface area contributed by atoms with Gasteiger partial charge in [0.15, 0.2) is 0 Å². The summed E-state index contributed by atoms with van der Waals surface area (Å²) < 4.78 is 1.49. The SMILES string of the molecule is NCC1CCN(CCc2ccc(-n3ccc(N)nc3=O)cc2)C1. The van der Waals surface area contributed by atoms with E-state index in [0.29, 0.717) is 5.92 Å². The van der Waals surface area contributed by atoms with E-state index < -0.39 is 0 Å². The van der Waals surface area contributed by atoms with Crippen molar-refractivity contribution in [1.29, 1.82) is 0 Å². The van der Waals surface area contributed by atoms with E-state index in [0.717, 1.165) is 38.3 Å². The number of likely N-dealkylation sites (tertiary alicyclic amines) is 1. The summed E-state index contributed by atoms with van der Waals surface area (Å²) in [6, 6.07) is 9.64. The highest BCUT2D eigenvalue weighted by molar-refractivity contribution is 5.36. The van der Waals surface area contributed by atoms with Crippen molar-refractivity contribution in [2.75, 3.05) is 31.9 Å². The molecule has 0 spiro atoms. The molecule has 2 aromatic rings. The molecule has 23 heavy (non-hydrogen) atoms. The molecular formula is C17H23N5O. The first kappa shape index (κ1) is 15.7. The van der Waals surface area contributed by atoms with Gasteiger partial charge in [-0.3, -0.25) is 4.57 Å². The first-order valence-electron chi connectivity index (χ1n) is 8.02. The van der Waals surface area contributed by atoms with Crippen molar-refractivity contribution in [1.82, 2.24) is 14.5 Å². The summed E-state index contributed by atoms with van der Waals surface area (Å²) in [6.07, 6.45) is 3.87. The van der Waals surface area contributed by atoms with E-state index in [4.69, 9.17) is 11.5 Å². The smallest absolute Gasteiger partial charge is 0.354 e. The fourth-order valence-corrected chi connectivity index (χ4v) is 3.03. The average molecular weight is 313 g/mol. The Morgan fingerprint density at radius 3 is 2.65 bits per heavy atom. The minimum atomic E-state index is -0.359. The zero-order chi connectivity index (χ0) is 16.2. The van der Waals surface area contributed by atoms with E-state index in [1.165, 1.54) is 16.6 Å². The van der Waals surface area contributed by atoms with Gasteiger partial charge in [-0.05, 0) is 55.6 Å². The van der Waals surface area contributed by atoms with E-state index in [-0.39, 0.29) is 11.5 Å². The Balaban J connectivity index is 1.62. The maximum Gasteiger partial charge on any atom is 0.354 e. The third kappa shape index (κ3) is 3.78. The Kier molecular flexibility index (Phi) is 4.73. The van der Waals surface area contributed by atoms with Gasteiger partial charge in [-0.2, -0.15) is 4.98 Å². The van der Waals surface area contributed by atoms with Gasteiger partial charge in [0.1, 0.15) is 5.82 Å². The molecule has 2 heterocycles. The standard InChI is InChI=1S/C17H23N5O/c18-11-14-6-9-21(12-14)8-5-13-1-3-15(4-2-13)22-10-7-16(19)20-17(22)23/h1-4,7,10,14H,5-6,8-9,11-12,18H2,(H2,19,20,23). The summed E-state index contributed by atoms with van der Waals surface area (Å²) in [5.74, 6) is 0.895. The maximum absolute atomic E-state index is 11.8. The molecule has 1 aromatic carbocycles. The first-order chi connectivity index (χ1) is 11.2. The van der Waals surface area contributed by atoms with Crippen LogP contribution in [-0.4, -0.2) is 40.6 Å². The molecule has 0 radical (unpaired) electrons. The number of rotatable bonds is 5. The highest BCUT2D eigenvalue weighted by Crippen LogP contribution is 2.16. The fraction of sp³-hybridized carbons (Fsp3) is 0.412. The van der Waals surface area contributed by atoms with Crippen LogP contribution in [0.1, 0.15) is 12.0 Å². The third-order valence-corrected chi connectivity index (χ3v) is 4.46. The van der Waals surface area contributed by atoms with Gasteiger partial charge in [0.2, 0.25) is 0 Å². The van der Waals surface area contributed by atoms with Gasteiger partial charge in [0, 0.05) is 19.3 Å². The van der Waals surface area contributed by atoms with Gasteiger partial charge >= 0.3 is 5.69 Å². The lowest BCUT2D eigenvalue weighted by molar-refractivity contribution is 0.329. The van der Waals surface area contributed by atoms with Crippen molar-refractivity contribution in [2.45, 2.75) is 12.8 Å². The number of hydrogen-bond acceptors (Lipinski definition) is 5. The number of benzene rings is 1. The van der Waals surface area contributed by atoms with Gasteiger partial charge in [0.25, 0.3) is 0 Å². The van der Waals surface area contributed by atoms with Crippen LogP contribution < -0.4 is 17.2 Å². The Morgan fingerprint density at radius 1 is 1.22 bits per heavy atom. The Hall–Kier alpha value is -2.18. The van der Waals surface area contributed by atoms with Crippen molar-refractivity contribution >= 4 is 5.82 Å². The Bertz CT molecular complexity index is 710. The summed E-state index contributed by atoms with van der Waals surface area (Å²) in [5, 5.41) is 0. The molecule has 1 aromatic heterocycles. The van der Waals surface area contributed by atoms with Crippen molar-refractivity contribution in [2.24, 2.45) is 11.7 Å². The van der Waals surface area contributed by atoms with Crippen LogP contribution in [0.15, 0.2) is 41.3 Å². The number of nitrogen functional groups attached to an aromatic ring is 1. The minimum Gasteiger partial charge on any atom is -0.383 e. The summed E-state index contributed by atoms with van der Waals surface area (Å²) in [6.45, 7) is 4.10. The molecule has 1 aliphatic rings. The third-order valence-electron chi connectivity index (χ3n) is 4.46. The Labute approximate surface area is 135 Å². The number of anilines is 1. The maximum atomic E-state index is 11.8. The topological polar surface area (TPSA) is 90.2 Å². The molecule has 6 heteroatoms. The van der Waals surface area contributed by atoms with Crippen LogP contribution >= 0.6 is 0 Å². The lowest BCUT2D eigenvalue weighted by atomic mass is 10.1. The molecule has 1 fully saturated rings. The zero-order valence-corrected chi connectivity index (χ0v) is 13.2. The number of nitrogens with two attached hydrogens (primary N) is 2. The highest BCUT2D eigenvalue weighted by atomic mass is 16.1. The molecule has 1 aliphatic heterocycles.